The van der Waals surface area contributed by atoms with E-state index < -0.39 is 5.54 Å². The van der Waals surface area contributed by atoms with Gasteiger partial charge in [0.05, 0.1) is 6.26 Å². The van der Waals surface area contributed by atoms with Gasteiger partial charge in [0.1, 0.15) is 17.6 Å². The van der Waals surface area contributed by atoms with Crippen molar-refractivity contribution >= 4 is 6.29 Å². The summed E-state index contributed by atoms with van der Waals surface area (Å²) in [4.78, 5) is 10.3. The Labute approximate surface area is 58.8 Å². The molecule has 0 saturated carbocycles. The van der Waals surface area contributed by atoms with Crippen LogP contribution in [0.5, 0.6) is 0 Å². The van der Waals surface area contributed by atoms with Gasteiger partial charge in [-0.1, -0.05) is 0 Å². The molecule has 1 atom stereocenters. The van der Waals surface area contributed by atoms with E-state index in [1.807, 2.05) is 0 Å². The van der Waals surface area contributed by atoms with Gasteiger partial charge in [-0.25, -0.2) is 0 Å². The molecule has 0 saturated heterocycles. The van der Waals surface area contributed by atoms with Crippen molar-refractivity contribution in [2.75, 3.05) is 0 Å². The summed E-state index contributed by atoms with van der Waals surface area (Å²) in [5.41, 5.74) is 4.54. The van der Waals surface area contributed by atoms with Crippen LogP contribution in [0.25, 0.3) is 0 Å². The Kier molecular flexibility index (Phi) is 1.59. The molecule has 2 N–H and O–H groups in total. The van der Waals surface area contributed by atoms with Gasteiger partial charge in [-0.3, -0.25) is 0 Å². The highest BCUT2D eigenvalue weighted by molar-refractivity contribution is 5.64. The lowest BCUT2D eigenvalue weighted by Gasteiger charge is -2.11. The van der Waals surface area contributed by atoms with Crippen LogP contribution in [0, 0.1) is 0 Å². The molecule has 10 heavy (non-hydrogen) atoms. The molecule has 0 unspecified atom stereocenters. The normalized spacial score (nSPS) is 16.2. The van der Waals surface area contributed by atoms with Gasteiger partial charge in [0.25, 0.3) is 0 Å². The monoisotopic (exact) mass is 139 g/mol. The van der Waals surface area contributed by atoms with Gasteiger partial charge in [-0.2, -0.15) is 0 Å². The Bertz CT molecular complexity index is 214. The van der Waals surface area contributed by atoms with E-state index in [2.05, 4.69) is 0 Å². The van der Waals surface area contributed by atoms with Crippen molar-refractivity contribution in [3.05, 3.63) is 24.2 Å². The SMILES string of the molecule is C[C@](N)(C=O)c1ccco1. The van der Waals surface area contributed by atoms with E-state index in [4.69, 9.17) is 10.2 Å². The van der Waals surface area contributed by atoms with E-state index in [0.717, 1.165) is 0 Å². The largest absolute Gasteiger partial charge is 0.467 e. The Balaban J connectivity index is 2.95. The first-order chi connectivity index (χ1) is 4.67. The fraction of sp³-hybridized carbons (Fsp3) is 0.286. The van der Waals surface area contributed by atoms with Gasteiger partial charge < -0.3 is 14.9 Å². The molecule has 3 heteroatoms. The predicted octanol–water partition coefficient (Wildman–Crippen LogP) is 0.652. The first-order valence-corrected chi connectivity index (χ1v) is 2.96. The molecule has 0 aromatic carbocycles. The Morgan fingerprint density at radius 2 is 2.50 bits per heavy atom. The van der Waals surface area contributed by atoms with Crippen LogP contribution in [0.15, 0.2) is 22.8 Å². The summed E-state index contributed by atoms with van der Waals surface area (Å²) in [6.45, 7) is 1.60. The zero-order chi connectivity index (χ0) is 7.61. The second kappa shape index (κ2) is 2.27. The van der Waals surface area contributed by atoms with Crippen molar-refractivity contribution < 1.29 is 9.21 Å². The average molecular weight is 139 g/mol. The second-order valence-corrected chi connectivity index (χ2v) is 2.38. The molecule has 1 heterocycles. The van der Waals surface area contributed by atoms with E-state index in [9.17, 15) is 4.79 Å². The van der Waals surface area contributed by atoms with Gasteiger partial charge in [-0.05, 0) is 19.1 Å². The Morgan fingerprint density at radius 1 is 1.80 bits per heavy atom. The summed E-state index contributed by atoms with van der Waals surface area (Å²) in [6, 6.07) is 3.37. The van der Waals surface area contributed by atoms with Crippen molar-refractivity contribution in [1.82, 2.24) is 0 Å². The molecule has 1 aromatic rings. The van der Waals surface area contributed by atoms with Crippen molar-refractivity contribution in [2.24, 2.45) is 5.73 Å². The van der Waals surface area contributed by atoms with E-state index >= 15 is 0 Å². The van der Waals surface area contributed by atoms with Crippen LogP contribution in [0.1, 0.15) is 12.7 Å². The molecule has 0 aliphatic heterocycles. The summed E-state index contributed by atoms with van der Waals surface area (Å²) < 4.78 is 4.93. The number of carbonyl (C=O) groups is 1. The number of rotatable bonds is 2. The molecule has 0 amide bonds. The van der Waals surface area contributed by atoms with Gasteiger partial charge in [-0.15, -0.1) is 0 Å². The molecule has 3 nitrogen and oxygen atoms in total. The molecule has 0 aliphatic rings. The third-order valence-electron chi connectivity index (χ3n) is 1.30. The molecule has 0 fully saturated rings. The van der Waals surface area contributed by atoms with Gasteiger partial charge in [0.15, 0.2) is 0 Å². The number of nitrogens with two attached hydrogens (primary N) is 1. The van der Waals surface area contributed by atoms with Crippen molar-refractivity contribution in [3.8, 4) is 0 Å². The van der Waals surface area contributed by atoms with Crippen LogP contribution in [0.3, 0.4) is 0 Å². The number of hydrogen-bond donors (Lipinski definition) is 1. The molecule has 0 aliphatic carbocycles. The molecule has 0 bridgehead atoms. The van der Waals surface area contributed by atoms with Gasteiger partial charge in [0.2, 0.25) is 0 Å². The summed E-state index contributed by atoms with van der Waals surface area (Å²) in [6.07, 6.45) is 2.15. The van der Waals surface area contributed by atoms with Crippen LogP contribution in [-0.2, 0) is 10.3 Å². The van der Waals surface area contributed by atoms with Crippen molar-refractivity contribution in [3.63, 3.8) is 0 Å². The summed E-state index contributed by atoms with van der Waals surface area (Å²) >= 11 is 0. The maximum absolute atomic E-state index is 10.3. The van der Waals surface area contributed by atoms with Crippen LogP contribution >= 0.6 is 0 Å². The number of hydrogen-bond acceptors (Lipinski definition) is 3. The summed E-state index contributed by atoms with van der Waals surface area (Å²) in [5, 5.41) is 0. The quantitative estimate of drug-likeness (QED) is 0.612. The standard InChI is InChI=1S/C7H9NO2/c1-7(8,5-9)6-3-2-4-10-6/h2-5H,8H2,1H3/t7-/m0/s1. The fourth-order valence-corrected chi connectivity index (χ4v) is 0.643. The van der Waals surface area contributed by atoms with Gasteiger partial charge >= 0.3 is 0 Å². The minimum absolute atomic E-state index is 0.488. The third kappa shape index (κ3) is 1.09. The highest BCUT2D eigenvalue weighted by Crippen LogP contribution is 2.14. The minimum Gasteiger partial charge on any atom is -0.467 e. The molecule has 0 radical (unpaired) electrons. The Hall–Kier alpha value is -1.09. The summed E-state index contributed by atoms with van der Waals surface area (Å²) in [5.74, 6) is 0.488. The molecule has 1 rings (SSSR count). The molecule has 0 spiro atoms. The fourth-order valence-electron chi connectivity index (χ4n) is 0.643. The highest BCUT2D eigenvalue weighted by Gasteiger charge is 2.22. The topological polar surface area (TPSA) is 56.2 Å². The van der Waals surface area contributed by atoms with E-state index in [0.29, 0.717) is 12.0 Å². The third-order valence-corrected chi connectivity index (χ3v) is 1.30. The van der Waals surface area contributed by atoms with Crippen molar-refractivity contribution in [2.45, 2.75) is 12.5 Å². The molecular formula is C7H9NO2. The zero-order valence-corrected chi connectivity index (χ0v) is 5.70. The van der Waals surface area contributed by atoms with E-state index in [1.54, 1.807) is 19.1 Å². The van der Waals surface area contributed by atoms with E-state index in [-0.39, 0.29) is 0 Å². The molecular weight excluding hydrogens is 130 g/mol. The lowest BCUT2D eigenvalue weighted by molar-refractivity contribution is -0.112. The van der Waals surface area contributed by atoms with Crippen LogP contribution in [0.2, 0.25) is 0 Å². The smallest absolute Gasteiger partial charge is 0.147 e. The molecule has 1 aromatic heterocycles. The van der Waals surface area contributed by atoms with Gasteiger partial charge in [0, 0.05) is 0 Å². The zero-order valence-electron chi connectivity index (χ0n) is 5.70. The van der Waals surface area contributed by atoms with Crippen LogP contribution < -0.4 is 5.73 Å². The second-order valence-electron chi connectivity index (χ2n) is 2.38. The highest BCUT2D eigenvalue weighted by atomic mass is 16.3. The first kappa shape index (κ1) is 7.02. The predicted molar refractivity (Wildman–Crippen MR) is 36.3 cm³/mol. The molecule has 54 valence electrons. The Morgan fingerprint density at radius 3 is 2.90 bits per heavy atom. The number of carbonyl (C=O) groups excluding carboxylic acids is 1. The van der Waals surface area contributed by atoms with Crippen molar-refractivity contribution in [1.29, 1.82) is 0 Å². The number of aldehydes is 1. The maximum atomic E-state index is 10.3. The lowest BCUT2D eigenvalue weighted by Crippen LogP contribution is -2.33. The van der Waals surface area contributed by atoms with E-state index in [1.165, 1.54) is 6.26 Å². The number of furan rings is 1. The van der Waals surface area contributed by atoms with Crippen LogP contribution in [0.4, 0.5) is 0 Å². The first-order valence-electron chi connectivity index (χ1n) is 2.96. The maximum Gasteiger partial charge on any atom is 0.147 e. The minimum atomic E-state index is -0.983. The average Bonchev–Trinajstić information content (AvgIpc) is 2.38. The lowest BCUT2D eigenvalue weighted by atomic mass is 10.0. The summed E-state index contributed by atoms with van der Waals surface area (Å²) in [7, 11) is 0. The van der Waals surface area contributed by atoms with Crippen LogP contribution in [-0.4, -0.2) is 6.29 Å².